The van der Waals surface area contributed by atoms with E-state index in [1.807, 2.05) is 26.0 Å². The molecule has 3 heteroatoms. The fourth-order valence-electron chi connectivity index (χ4n) is 1.16. The summed E-state index contributed by atoms with van der Waals surface area (Å²) in [4.78, 5) is 0. The molecule has 0 atom stereocenters. The average molecular weight is 165 g/mol. The number of nitrogen functional groups attached to an aromatic ring is 2. The Morgan fingerprint density at radius 3 is 2.42 bits per heavy atom. The van der Waals surface area contributed by atoms with Gasteiger partial charge in [-0.15, -0.1) is 0 Å². The molecule has 0 saturated heterocycles. The minimum atomic E-state index is 0.753. The van der Waals surface area contributed by atoms with Gasteiger partial charge in [-0.25, -0.2) is 0 Å². The summed E-state index contributed by atoms with van der Waals surface area (Å²) in [6.07, 6.45) is 0. The van der Waals surface area contributed by atoms with Gasteiger partial charge >= 0.3 is 0 Å². The highest BCUT2D eigenvalue weighted by atomic mass is 14.9. The normalized spacial score (nSPS) is 9.83. The highest BCUT2D eigenvalue weighted by molar-refractivity contribution is 5.76. The van der Waals surface area contributed by atoms with Crippen LogP contribution in [0.5, 0.6) is 0 Å². The number of nitrogens with two attached hydrogens (primary N) is 2. The van der Waals surface area contributed by atoms with Crippen molar-refractivity contribution in [2.75, 3.05) is 23.3 Å². The largest absolute Gasteiger partial charge is 0.398 e. The van der Waals surface area contributed by atoms with E-state index in [9.17, 15) is 0 Å². The van der Waals surface area contributed by atoms with Crippen molar-refractivity contribution in [3.63, 3.8) is 0 Å². The average Bonchev–Trinajstić information content (AvgIpc) is 2.06. The van der Waals surface area contributed by atoms with Gasteiger partial charge in [0.2, 0.25) is 0 Å². The van der Waals surface area contributed by atoms with Gasteiger partial charge in [-0.05, 0) is 31.5 Å². The van der Waals surface area contributed by atoms with E-state index in [4.69, 9.17) is 11.5 Å². The maximum absolute atomic E-state index is 5.76. The number of hydrogen-bond donors (Lipinski definition) is 3. The fourth-order valence-corrected chi connectivity index (χ4v) is 1.16. The molecule has 0 saturated carbocycles. The third-order valence-corrected chi connectivity index (χ3v) is 1.89. The Bertz CT molecular complexity index is 281. The molecule has 0 bridgehead atoms. The van der Waals surface area contributed by atoms with Crippen molar-refractivity contribution in [2.24, 2.45) is 0 Å². The monoisotopic (exact) mass is 165 g/mol. The molecule has 0 fully saturated rings. The molecule has 0 spiro atoms. The number of nitrogens with one attached hydrogen (secondary N) is 1. The van der Waals surface area contributed by atoms with Crippen molar-refractivity contribution in [1.29, 1.82) is 0 Å². The second kappa shape index (κ2) is 3.34. The lowest BCUT2D eigenvalue weighted by molar-refractivity contribution is 1.20. The van der Waals surface area contributed by atoms with Gasteiger partial charge < -0.3 is 16.8 Å². The molecule has 66 valence electrons. The van der Waals surface area contributed by atoms with Crippen LogP contribution in [0, 0.1) is 6.92 Å². The summed E-state index contributed by atoms with van der Waals surface area (Å²) >= 11 is 0. The first kappa shape index (κ1) is 8.71. The molecule has 0 radical (unpaired) electrons. The van der Waals surface area contributed by atoms with Gasteiger partial charge in [-0.2, -0.15) is 0 Å². The second-order valence-corrected chi connectivity index (χ2v) is 2.77. The molecule has 0 aliphatic carbocycles. The highest BCUT2D eigenvalue weighted by Crippen LogP contribution is 2.27. The minimum Gasteiger partial charge on any atom is -0.398 e. The number of anilines is 3. The lowest BCUT2D eigenvalue weighted by Crippen LogP contribution is -2.04. The minimum absolute atomic E-state index is 0.753. The van der Waals surface area contributed by atoms with E-state index < -0.39 is 0 Å². The van der Waals surface area contributed by atoms with Gasteiger partial charge in [-0.3, -0.25) is 0 Å². The van der Waals surface area contributed by atoms with Gasteiger partial charge in [-0.1, -0.05) is 0 Å². The van der Waals surface area contributed by atoms with E-state index in [2.05, 4.69) is 5.32 Å². The Hall–Kier alpha value is -1.38. The van der Waals surface area contributed by atoms with Crippen LogP contribution >= 0.6 is 0 Å². The molecule has 0 amide bonds. The SMILES string of the molecule is CCNc1c(N)ccc(N)c1C. The van der Waals surface area contributed by atoms with Crippen molar-refractivity contribution in [3.05, 3.63) is 17.7 Å². The zero-order chi connectivity index (χ0) is 9.14. The molecule has 1 aromatic rings. The Labute approximate surface area is 72.8 Å². The maximum atomic E-state index is 5.76. The summed E-state index contributed by atoms with van der Waals surface area (Å²) in [5.41, 5.74) is 15.0. The van der Waals surface area contributed by atoms with E-state index in [-0.39, 0.29) is 0 Å². The number of rotatable bonds is 2. The molecular weight excluding hydrogens is 150 g/mol. The summed E-state index contributed by atoms with van der Waals surface area (Å²) in [6.45, 7) is 4.85. The van der Waals surface area contributed by atoms with Crippen molar-refractivity contribution in [1.82, 2.24) is 0 Å². The molecule has 0 unspecified atom stereocenters. The Kier molecular flexibility index (Phi) is 2.43. The van der Waals surface area contributed by atoms with E-state index in [0.29, 0.717) is 0 Å². The Morgan fingerprint density at radius 2 is 1.83 bits per heavy atom. The molecule has 5 N–H and O–H groups in total. The van der Waals surface area contributed by atoms with Crippen molar-refractivity contribution in [2.45, 2.75) is 13.8 Å². The van der Waals surface area contributed by atoms with Crippen molar-refractivity contribution in [3.8, 4) is 0 Å². The first-order valence-corrected chi connectivity index (χ1v) is 4.05. The molecule has 0 aliphatic rings. The first-order chi connectivity index (χ1) is 5.66. The number of hydrogen-bond acceptors (Lipinski definition) is 3. The lowest BCUT2D eigenvalue weighted by atomic mass is 10.1. The summed E-state index contributed by atoms with van der Waals surface area (Å²) in [6, 6.07) is 3.64. The molecule has 0 heterocycles. The van der Waals surface area contributed by atoms with Gasteiger partial charge in [0, 0.05) is 12.2 Å². The molecule has 1 rings (SSSR count). The Balaban J connectivity index is 3.14. The second-order valence-electron chi connectivity index (χ2n) is 2.77. The fraction of sp³-hybridized carbons (Fsp3) is 0.333. The first-order valence-electron chi connectivity index (χ1n) is 4.05. The van der Waals surface area contributed by atoms with Gasteiger partial charge in [0.1, 0.15) is 0 Å². The van der Waals surface area contributed by atoms with E-state index in [0.717, 1.165) is 29.2 Å². The predicted octanol–water partition coefficient (Wildman–Crippen LogP) is 1.59. The quantitative estimate of drug-likeness (QED) is 0.583. The summed E-state index contributed by atoms with van der Waals surface area (Å²) in [5, 5.41) is 3.18. The van der Waals surface area contributed by atoms with Crippen LogP contribution in [-0.4, -0.2) is 6.54 Å². The molecule has 12 heavy (non-hydrogen) atoms. The summed E-state index contributed by atoms with van der Waals surface area (Å²) in [5.74, 6) is 0. The van der Waals surface area contributed by atoms with Crippen LogP contribution in [0.25, 0.3) is 0 Å². The van der Waals surface area contributed by atoms with Crippen LogP contribution in [0.1, 0.15) is 12.5 Å². The van der Waals surface area contributed by atoms with Crippen LogP contribution in [0.15, 0.2) is 12.1 Å². The predicted molar refractivity (Wildman–Crippen MR) is 54.2 cm³/mol. The van der Waals surface area contributed by atoms with E-state index >= 15 is 0 Å². The summed E-state index contributed by atoms with van der Waals surface area (Å²) < 4.78 is 0. The molecular formula is C9H15N3. The topological polar surface area (TPSA) is 64.1 Å². The lowest BCUT2D eigenvalue weighted by Gasteiger charge is -2.12. The van der Waals surface area contributed by atoms with Gasteiger partial charge in [0.15, 0.2) is 0 Å². The van der Waals surface area contributed by atoms with Crippen LogP contribution in [-0.2, 0) is 0 Å². The van der Waals surface area contributed by atoms with Crippen LogP contribution in [0.3, 0.4) is 0 Å². The molecule has 0 aromatic heterocycles. The Morgan fingerprint density at radius 1 is 1.25 bits per heavy atom. The van der Waals surface area contributed by atoms with Gasteiger partial charge in [0.05, 0.1) is 11.4 Å². The standard InChI is InChI=1S/C9H15N3/c1-3-12-9-6(2)7(10)4-5-8(9)11/h4-5,12H,3,10-11H2,1-2H3. The third-order valence-electron chi connectivity index (χ3n) is 1.89. The molecule has 0 aliphatic heterocycles. The van der Waals surface area contributed by atoms with E-state index in [1.165, 1.54) is 0 Å². The van der Waals surface area contributed by atoms with Gasteiger partial charge in [0.25, 0.3) is 0 Å². The summed E-state index contributed by atoms with van der Waals surface area (Å²) in [7, 11) is 0. The van der Waals surface area contributed by atoms with Crippen LogP contribution < -0.4 is 16.8 Å². The van der Waals surface area contributed by atoms with Crippen molar-refractivity contribution < 1.29 is 0 Å². The van der Waals surface area contributed by atoms with Crippen LogP contribution in [0.4, 0.5) is 17.1 Å². The van der Waals surface area contributed by atoms with E-state index in [1.54, 1.807) is 0 Å². The zero-order valence-corrected chi connectivity index (χ0v) is 7.52. The molecule has 1 aromatic carbocycles. The number of benzene rings is 1. The third kappa shape index (κ3) is 1.44. The molecule has 3 nitrogen and oxygen atoms in total. The van der Waals surface area contributed by atoms with Crippen LogP contribution in [0.2, 0.25) is 0 Å². The maximum Gasteiger partial charge on any atom is 0.0624 e. The zero-order valence-electron chi connectivity index (χ0n) is 7.52. The highest BCUT2D eigenvalue weighted by Gasteiger charge is 2.03. The smallest absolute Gasteiger partial charge is 0.0624 e. The van der Waals surface area contributed by atoms with Crippen molar-refractivity contribution >= 4 is 17.1 Å².